The molecule has 1 rings (SSSR count). The van der Waals surface area contributed by atoms with Crippen LogP contribution in [0.1, 0.15) is 161 Å². The van der Waals surface area contributed by atoms with Gasteiger partial charge >= 0.3 is 5.97 Å². The first-order chi connectivity index (χ1) is 21.2. The van der Waals surface area contributed by atoms with Crippen LogP contribution >= 0.6 is 0 Å². The second-order valence-electron chi connectivity index (χ2n) is 12.0. The summed E-state index contributed by atoms with van der Waals surface area (Å²) in [5, 5.41) is 0. The number of benzene rings is 1. The second-order valence-corrected chi connectivity index (χ2v) is 12.0. The van der Waals surface area contributed by atoms with Crippen molar-refractivity contribution >= 4 is 5.97 Å². The smallest absolute Gasteiger partial charge is 0.330 e. The Kier molecular flexibility index (Phi) is 27.2. The minimum Gasteiger partial charge on any atom is -0.497 e. The topological polar surface area (TPSA) is 44.8 Å². The van der Waals surface area contributed by atoms with E-state index in [1.807, 2.05) is 19.1 Å². The standard InChI is InChI=1S/C39H66O4/c1-4-6-7-8-18-21-24-27-36(34-39(40)43-5-2)28-25-22-19-16-14-12-10-9-11-13-15-17-20-23-26-33-42-35-37-29-31-38(41-3)32-30-37/h11,13,29-32,34H,4-10,12,14-28,33,35H2,1-3H3. The highest BCUT2D eigenvalue weighted by molar-refractivity contribution is 5.82. The minimum atomic E-state index is -0.155. The van der Waals surface area contributed by atoms with Crippen LogP contribution in [0, 0.1) is 0 Å². The van der Waals surface area contributed by atoms with E-state index in [4.69, 9.17) is 14.2 Å². The SMILES string of the molecule is CCCCCCCCCC(=CC(=O)OCC)CCCCCCCCCC=CCCCCCCOCc1ccc(OC)cc1. The van der Waals surface area contributed by atoms with Crippen LogP contribution in [0.25, 0.3) is 0 Å². The van der Waals surface area contributed by atoms with E-state index >= 15 is 0 Å². The summed E-state index contributed by atoms with van der Waals surface area (Å²) in [5.74, 6) is 0.735. The lowest BCUT2D eigenvalue weighted by molar-refractivity contribution is -0.137. The Balaban J connectivity index is 1.93. The van der Waals surface area contributed by atoms with Crippen molar-refractivity contribution in [3.63, 3.8) is 0 Å². The molecule has 1 aromatic carbocycles. The third-order valence-electron chi connectivity index (χ3n) is 8.08. The fourth-order valence-electron chi connectivity index (χ4n) is 5.39. The van der Waals surface area contributed by atoms with E-state index in [9.17, 15) is 4.79 Å². The van der Waals surface area contributed by atoms with Crippen LogP contribution in [0.15, 0.2) is 48.1 Å². The fourth-order valence-corrected chi connectivity index (χ4v) is 5.39. The summed E-state index contributed by atoms with van der Waals surface area (Å²) < 4.78 is 16.2. The van der Waals surface area contributed by atoms with E-state index in [-0.39, 0.29) is 5.97 Å². The largest absolute Gasteiger partial charge is 0.497 e. The zero-order chi connectivity index (χ0) is 31.1. The number of hydrogen-bond donors (Lipinski definition) is 0. The van der Waals surface area contributed by atoms with E-state index in [1.54, 1.807) is 13.2 Å². The number of unbranched alkanes of at least 4 members (excludes halogenated alkanes) is 17. The summed E-state index contributed by atoms with van der Waals surface area (Å²) in [6.07, 6.45) is 34.4. The highest BCUT2D eigenvalue weighted by Gasteiger charge is 2.04. The first kappa shape index (κ1) is 39.0. The summed E-state index contributed by atoms with van der Waals surface area (Å²) in [7, 11) is 1.69. The van der Waals surface area contributed by atoms with Crippen LogP contribution in [-0.2, 0) is 20.9 Å². The van der Waals surface area contributed by atoms with Crippen molar-refractivity contribution in [3.05, 3.63) is 53.6 Å². The molecule has 0 aliphatic rings. The molecular weight excluding hydrogens is 532 g/mol. The fraction of sp³-hybridized carbons (Fsp3) is 0.718. The van der Waals surface area contributed by atoms with Gasteiger partial charge in [0.15, 0.2) is 0 Å². The van der Waals surface area contributed by atoms with Gasteiger partial charge in [0.05, 0.1) is 20.3 Å². The predicted molar refractivity (Wildman–Crippen MR) is 184 cm³/mol. The number of ether oxygens (including phenoxy) is 3. The van der Waals surface area contributed by atoms with Crippen molar-refractivity contribution in [1.82, 2.24) is 0 Å². The van der Waals surface area contributed by atoms with Crippen LogP contribution in [0.2, 0.25) is 0 Å². The van der Waals surface area contributed by atoms with Gasteiger partial charge in [-0.3, -0.25) is 0 Å². The molecule has 0 unspecified atom stereocenters. The van der Waals surface area contributed by atoms with Gasteiger partial charge < -0.3 is 14.2 Å². The molecule has 0 aromatic heterocycles. The molecule has 0 N–H and O–H groups in total. The molecule has 43 heavy (non-hydrogen) atoms. The summed E-state index contributed by atoms with van der Waals surface area (Å²) in [6, 6.07) is 8.10. The van der Waals surface area contributed by atoms with Gasteiger partial charge in [-0.05, 0) is 82.4 Å². The quantitative estimate of drug-likeness (QED) is 0.0382. The lowest BCUT2D eigenvalue weighted by Gasteiger charge is -2.08. The van der Waals surface area contributed by atoms with Crippen molar-refractivity contribution < 1.29 is 19.0 Å². The Morgan fingerprint density at radius 2 is 1.16 bits per heavy atom. The van der Waals surface area contributed by atoms with E-state index in [1.165, 1.54) is 133 Å². The molecule has 0 aliphatic heterocycles. The molecule has 0 spiro atoms. The molecule has 0 atom stereocenters. The zero-order valence-corrected chi connectivity index (χ0v) is 28.4. The predicted octanol–water partition coefficient (Wildman–Crippen LogP) is 11.9. The van der Waals surface area contributed by atoms with Gasteiger partial charge in [-0.15, -0.1) is 0 Å². The molecule has 0 fully saturated rings. The summed E-state index contributed by atoms with van der Waals surface area (Å²) >= 11 is 0. The first-order valence-corrected chi connectivity index (χ1v) is 17.9. The van der Waals surface area contributed by atoms with Gasteiger partial charge in [0.1, 0.15) is 5.75 Å². The monoisotopic (exact) mass is 598 g/mol. The number of esters is 1. The Morgan fingerprint density at radius 1 is 0.651 bits per heavy atom. The van der Waals surface area contributed by atoms with Crippen LogP contribution in [0.4, 0.5) is 0 Å². The van der Waals surface area contributed by atoms with Crippen molar-refractivity contribution in [2.24, 2.45) is 0 Å². The third-order valence-corrected chi connectivity index (χ3v) is 8.08. The molecule has 0 saturated heterocycles. The Hall–Kier alpha value is -2.07. The van der Waals surface area contributed by atoms with Crippen LogP contribution in [0.3, 0.4) is 0 Å². The molecule has 4 nitrogen and oxygen atoms in total. The molecule has 0 saturated carbocycles. The van der Waals surface area contributed by atoms with Gasteiger partial charge in [-0.25, -0.2) is 4.79 Å². The average molecular weight is 599 g/mol. The number of carbonyl (C=O) groups excluding carboxylic acids is 1. The maximum Gasteiger partial charge on any atom is 0.330 e. The van der Waals surface area contributed by atoms with Crippen molar-refractivity contribution in [2.45, 2.75) is 162 Å². The molecule has 246 valence electrons. The lowest BCUT2D eigenvalue weighted by Crippen LogP contribution is -2.01. The number of methoxy groups -OCH3 is 1. The lowest BCUT2D eigenvalue weighted by atomic mass is 9.99. The van der Waals surface area contributed by atoms with Gasteiger partial charge in [0.2, 0.25) is 0 Å². The summed E-state index contributed by atoms with van der Waals surface area (Å²) in [6.45, 7) is 6.13. The van der Waals surface area contributed by atoms with E-state index in [0.29, 0.717) is 13.2 Å². The normalized spacial score (nSPS) is 11.8. The van der Waals surface area contributed by atoms with Crippen LogP contribution in [0.5, 0.6) is 5.75 Å². The third kappa shape index (κ3) is 25.0. The van der Waals surface area contributed by atoms with E-state index < -0.39 is 0 Å². The molecule has 4 heteroatoms. The van der Waals surface area contributed by atoms with Crippen molar-refractivity contribution in [1.29, 1.82) is 0 Å². The second kappa shape index (κ2) is 30.0. The summed E-state index contributed by atoms with van der Waals surface area (Å²) in [5.41, 5.74) is 2.50. The molecule has 0 bridgehead atoms. The van der Waals surface area contributed by atoms with Gasteiger partial charge in [-0.2, -0.15) is 0 Å². The molecule has 0 radical (unpaired) electrons. The minimum absolute atomic E-state index is 0.155. The van der Waals surface area contributed by atoms with Crippen LogP contribution < -0.4 is 4.74 Å². The first-order valence-electron chi connectivity index (χ1n) is 17.9. The number of rotatable bonds is 30. The Morgan fingerprint density at radius 3 is 1.70 bits per heavy atom. The molecule has 1 aromatic rings. The molecular formula is C39H66O4. The molecule has 0 aliphatic carbocycles. The Bertz CT molecular complexity index is 811. The van der Waals surface area contributed by atoms with Gasteiger partial charge in [-0.1, -0.05) is 120 Å². The van der Waals surface area contributed by atoms with Crippen molar-refractivity contribution in [3.8, 4) is 5.75 Å². The number of carbonyl (C=O) groups is 1. The zero-order valence-electron chi connectivity index (χ0n) is 28.4. The highest BCUT2D eigenvalue weighted by atomic mass is 16.5. The van der Waals surface area contributed by atoms with Gasteiger partial charge in [0, 0.05) is 12.7 Å². The van der Waals surface area contributed by atoms with E-state index in [2.05, 4.69) is 31.2 Å². The molecule has 0 amide bonds. The highest BCUT2D eigenvalue weighted by Crippen LogP contribution is 2.19. The maximum absolute atomic E-state index is 12.0. The number of hydrogen-bond acceptors (Lipinski definition) is 4. The molecule has 0 heterocycles. The van der Waals surface area contributed by atoms with Crippen LogP contribution in [-0.4, -0.2) is 26.3 Å². The van der Waals surface area contributed by atoms with Gasteiger partial charge in [0.25, 0.3) is 0 Å². The summed E-state index contributed by atoms with van der Waals surface area (Å²) in [4.78, 5) is 12.0. The maximum atomic E-state index is 12.0. The van der Waals surface area contributed by atoms with E-state index in [0.717, 1.165) is 31.6 Å². The Labute approximate surface area is 266 Å². The number of allylic oxidation sites excluding steroid dienone is 3. The average Bonchev–Trinajstić information content (AvgIpc) is 3.02. The van der Waals surface area contributed by atoms with Crippen molar-refractivity contribution in [2.75, 3.05) is 20.3 Å².